The van der Waals surface area contributed by atoms with E-state index in [0.29, 0.717) is 0 Å². The SMILES string of the molecule is OCC(O)C(O)c1cccc(C(F)(F)F)n1. The Bertz CT molecular complexity index is 356. The van der Waals surface area contributed by atoms with Crippen molar-refractivity contribution < 1.29 is 28.5 Å². The topological polar surface area (TPSA) is 73.6 Å². The van der Waals surface area contributed by atoms with E-state index in [2.05, 4.69) is 4.98 Å². The van der Waals surface area contributed by atoms with Crippen LogP contribution in [0.5, 0.6) is 0 Å². The minimum Gasteiger partial charge on any atom is -0.394 e. The number of aliphatic hydroxyl groups excluding tert-OH is 3. The first-order chi connectivity index (χ1) is 7.36. The number of halogens is 3. The zero-order valence-corrected chi connectivity index (χ0v) is 8.02. The molecule has 1 aromatic heterocycles. The van der Waals surface area contributed by atoms with Gasteiger partial charge in [-0.1, -0.05) is 6.07 Å². The van der Waals surface area contributed by atoms with E-state index in [0.717, 1.165) is 18.2 Å². The third-order valence-electron chi connectivity index (χ3n) is 1.92. The molecule has 2 unspecified atom stereocenters. The Labute approximate surface area is 89.0 Å². The molecule has 0 radical (unpaired) electrons. The maximum absolute atomic E-state index is 12.3. The summed E-state index contributed by atoms with van der Waals surface area (Å²) in [5.74, 6) is 0. The van der Waals surface area contributed by atoms with Gasteiger partial charge in [0.2, 0.25) is 0 Å². The van der Waals surface area contributed by atoms with Crippen molar-refractivity contribution in [2.24, 2.45) is 0 Å². The maximum atomic E-state index is 12.3. The molecule has 4 nitrogen and oxygen atoms in total. The molecule has 90 valence electrons. The van der Waals surface area contributed by atoms with Gasteiger partial charge in [-0.25, -0.2) is 4.98 Å². The van der Waals surface area contributed by atoms with Crippen LogP contribution in [-0.4, -0.2) is 33.0 Å². The highest BCUT2D eigenvalue weighted by Crippen LogP contribution is 2.28. The van der Waals surface area contributed by atoms with Gasteiger partial charge in [-0.3, -0.25) is 0 Å². The largest absolute Gasteiger partial charge is 0.433 e. The van der Waals surface area contributed by atoms with Gasteiger partial charge in [0.1, 0.15) is 17.9 Å². The van der Waals surface area contributed by atoms with Crippen molar-refractivity contribution in [1.82, 2.24) is 4.98 Å². The van der Waals surface area contributed by atoms with Crippen LogP contribution >= 0.6 is 0 Å². The third kappa shape index (κ3) is 2.91. The Kier molecular flexibility index (Phi) is 3.84. The molecule has 16 heavy (non-hydrogen) atoms. The third-order valence-corrected chi connectivity index (χ3v) is 1.92. The molecular weight excluding hydrogens is 227 g/mol. The van der Waals surface area contributed by atoms with Gasteiger partial charge in [-0.05, 0) is 12.1 Å². The molecule has 1 heterocycles. The lowest BCUT2D eigenvalue weighted by Gasteiger charge is -2.16. The van der Waals surface area contributed by atoms with Crippen LogP contribution in [0, 0.1) is 0 Å². The summed E-state index contributed by atoms with van der Waals surface area (Å²) in [7, 11) is 0. The fourth-order valence-corrected chi connectivity index (χ4v) is 1.07. The van der Waals surface area contributed by atoms with E-state index in [4.69, 9.17) is 10.2 Å². The van der Waals surface area contributed by atoms with Crippen molar-refractivity contribution in [3.05, 3.63) is 29.6 Å². The van der Waals surface area contributed by atoms with Crippen molar-refractivity contribution in [2.75, 3.05) is 6.61 Å². The first-order valence-electron chi connectivity index (χ1n) is 4.37. The average molecular weight is 237 g/mol. The smallest absolute Gasteiger partial charge is 0.394 e. The summed E-state index contributed by atoms with van der Waals surface area (Å²) in [6.45, 7) is -0.765. The van der Waals surface area contributed by atoms with E-state index in [1.54, 1.807) is 0 Å². The van der Waals surface area contributed by atoms with Crippen molar-refractivity contribution in [3.63, 3.8) is 0 Å². The summed E-state index contributed by atoms with van der Waals surface area (Å²) < 4.78 is 36.8. The Morgan fingerprint density at radius 3 is 2.38 bits per heavy atom. The molecule has 0 aliphatic heterocycles. The van der Waals surface area contributed by atoms with Crippen molar-refractivity contribution in [1.29, 1.82) is 0 Å². The molecule has 0 saturated carbocycles. The van der Waals surface area contributed by atoms with Crippen LogP contribution in [-0.2, 0) is 6.18 Å². The number of aromatic nitrogens is 1. The molecule has 1 aromatic rings. The molecule has 2 atom stereocenters. The van der Waals surface area contributed by atoms with E-state index in [-0.39, 0.29) is 5.69 Å². The normalized spacial score (nSPS) is 15.9. The lowest BCUT2D eigenvalue weighted by Crippen LogP contribution is -2.23. The highest BCUT2D eigenvalue weighted by molar-refractivity contribution is 5.16. The van der Waals surface area contributed by atoms with Gasteiger partial charge in [-0.15, -0.1) is 0 Å². The fourth-order valence-electron chi connectivity index (χ4n) is 1.07. The van der Waals surface area contributed by atoms with E-state index >= 15 is 0 Å². The lowest BCUT2D eigenvalue weighted by atomic mass is 10.1. The summed E-state index contributed by atoms with van der Waals surface area (Å²) in [5.41, 5.74) is -1.49. The van der Waals surface area contributed by atoms with Gasteiger partial charge in [0, 0.05) is 0 Å². The molecule has 7 heteroatoms. The second-order valence-electron chi connectivity index (χ2n) is 3.14. The standard InChI is InChI=1S/C9H10F3NO3/c10-9(11,12)7-3-1-2-5(13-7)8(16)6(15)4-14/h1-3,6,8,14-16H,4H2. The van der Waals surface area contributed by atoms with Gasteiger partial charge >= 0.3 is 6.18 Å². The first-order valence-corrected chi connectivity index (χ1v) is 4.37. The summed E-state index contributed by atoms with van der Waals surface area (Å²) in [6, 6.07) is 2.96. The van der Waals surface area contributed by atoms with Crippen molar-refractivity contribution in [3.8, 4) is 0 Å². The second kappa shape index (κ2) is 4.77. The Hall–Kier alpha value is -1.18. The second-order valence-corrected chi connectivity index (χ2v) is 3.14. The minimum atomic E-state index is -4.61. The number of pyridine rings is 1. The Morgan fingerprint density at radius 2 is 1.88 bits per heavy atom. The van der Waals surface area contributed by atoms with Crippen LogP contribution in [0.1, 0.15) is 17.5 Å². The molecule has 1 rings (SSSR count). The molecule has 3 N–H and O–H groups in total. The van der Waals surface area contributed by atoms with E-state index in [1.807, 2.05) is 0 Å². The van der Waals surface area contributed by atoms with E-state index in [1.165, 1.54) is 0 Å². The number of aliphatic hydroxyl groups is 3. The van der Waals surface area contributed by atoms with Crippen molar-refractivity contribution >= 4 is 0 Å². The van der Waals surface area contributed by atoms with Crippen LogP contribution in [0.2, 0.25) is 0 Å². The zero-order chi connectivity index (χ0) is 12.3. The van der Waals surface area contributed by atoms with Gasteiger partial charge < -0.3 is 15.3 Å². The summed E-state index contributed by atoms with van der Waals surface area (Å²) >= 11 is 0. The molecule has 0 bridgehead atoms. The molecule has 0 aliphatic carbocycles. The van der Waals surface area contributed by atoms with Crippen LogP contribution in [0.25, 0.3) is 0 Å². The molecule has 0 saturated heterocycles. The van der Waals surface area contributed by atoms with Gasteiger partial charge in [0.25, 0.3) is 0 Å². The highest BCUT2D eigenvalue weighted by atomic mass is 19.4. The summed E-state index contributed by atoms with van der Waals surface area (Å²) in [4.78, 5) is 3.17. The zero-order valence-electron chi connectivity index (χ0n) is 8.02. The van der Waals surface area contributed by atoms with Crippen LogP contribution < -0.4 is 0 Å². The quantitative estimate of drug-likeness (QED) is 0.715. The maximum Gasteiger partial charge on any atom is 0.433 e. The van der Waals surface area contributed by atoms with Crippen LogP contribution in [0.3, 0.4) is 0 Å². The number of rotatable bonds is 3. The molecule has 0 aromatic carbocycles. The highest BCUT2D eigenvalue weighted by Gasteiger charge is 2.33. The number of alkyl halides is 3. The van der Waals surface area contributed by atoms with Gasteiger partial charge in [0.05, 0.1) is 12.3 Å². The summed E-state index contributed by atoms with van der Waals surface area (Å²) in [5, 5.41) is 26.9. The number of hydrogen-bond acceptors (Lipinski definition) is 4. The van der Waals surface area contributed by atoms with E-state index in [9.17, 15) is 18.3 Å². The predicted octanol–water partition coefficient (Wildman–Crippen LogP) is 0.487. The lowest BCUT2D eigenvalue weighted by molar-refractivity contribution is -0.141. The van der Waals surface area contributed by atoms with Crippen molar-refractivity contribution in [2.45, 2.75) is 18.4 Å². The fraction of sp³-hybridized carbons (Fsp3) is 0.444. The summed E-state index contributed by atoms with van der Waals surface area (Å²) in [6.07, 6.45) is -7.82. The Balaban J connectivity index is 2.99. The molecular formula is C9H10F3NO3. The van der Waals surface area contributed by atoms with Crippen LogP contribution in [0.4, 0.5) is 13.2 Å². The monoisotopic (exact) mass is 237 g/mol. The number of nitrogens with zero attached hydrogens (tertiary/aromatic N) is 1. The van der Waals surface area contributed by atoms with Gasteiger partial charge in [0.15, 0.2) is 0 Å². The molecule has 0 fully saturated rings. The molecule has 0 spiro atoms. The Morgan fingerprint density at radius 1 is 1.25 bits per heavy atom. The molecule has 0 amide bonds. The minimum absolute atomic E-state index is 0.337. The molecule has 0 aliphatic rings. The van der Waals surface area contributed by atoms with Gasteiger partial charge in [-0.2, -0.15) is 13.2 Å². The van der Waals surface area contributed by atoms with E-state index < -0.39 is 30.7 Å². The first kappa shape index (κ1) is 12.9. The van der Waals surface area contributed by atoms with Crippen LogP contribution in [0.15, 0.2) is 18.2 Å². The predicted molar refractivity (Wildman–Crippen MR) is 47.3 cm³/mol. The number of hydrogen-bond donors (Lipinski definition) is 3. The average Bonchev–Trinajstić information content (AvgIpc) is 2.26.